The molecule has 26 heavy (non-hydrogen) atoms. The molecule has 0 unspecified atom stereocenters. The van der Waals surface area contributed by atoms with Crippen LogP contribution in [0.3, 0.4) is 0 Å². The molecule has 0 saturated heterocycles. The molecule has 0 spiro atoms. The lowest BCUT2D eigenvalue weighted by Gasteiger charge is -2.16. The normalized spacial score (nSPS) is 11.9. The van der Waals surface area contributed by atoms with Crippen molar-refractivity contribution in [2.24, 2.45) is 0 Å². The highest BCUT2D eigenvalue weighted by Gasteiger charge is 2.15. The molecule has 6 heteroatoms. The molecule has 0 fully saturated rings. The van der Waals surface area contributed by atoms with Gasteiger partial charge in [-0.25, -0.2) is 4.39 Å². The number of nitrogens with one attached hydrogen (secondary N) is 1. The van der Waals surface area contributed by atoms with Gasteiger partial charge in [0.05, 0.1) is 0 Å². The Morgan fingerprint density at radius 1 is 1.31 bits per heavy atom. The topological polar surface area (TPSA) is 38.3 Å². The van der Waals surface area contributed by atoms with Crippen LogP contribution in [0.4, 0.5) is 4.39 Å². The smallest absolute Gasteiger partial charge is 0.260 e. The summed E-state index contributed by atoms with van der Waals surface area (Å²) in [6.07, 6.45) is -0.581. The number of ether oxygens (including phenoxy) is 1. The van der Waals surface area contributed by atoms with Gasteiger partial charge in [-0.1, -0.05) is 35.4 Å². The Bertz CT molecular complexity index is 749. The minimum absolute atomic E-state index is 0.172. The molecule has 0 radical (unpaired) electrons. The fourth-order valence-corrected chi connectivity index (χ4v) is 3.61. The molecule has 0 bridgehead atoms. The SMILES string of the molecule is Cc1ccc(O[C@H](C)C(=O)NCCSCc2c(F)cccc2Cl)c(C)c1. The van der Waals surface area contributed by atoms with Crippen LogP contribution in [-0.2, 0) is 10.5 Å². The van der Waals surface area contributed by atoms with Crippen LogP contribution in [0.15, 0.2) is 36.4 Å². The van der Waals surface area contributed by atoms with E-state index in [0.29, 0.717) is 34.4 Å². The van der Waals surface area contributed by atoms with E-state index in [1.54, 1.807) is 19.1 Å². The summed E-state index contributed by atoms with van der Waals surface area (Å²) in [5.74, 6) is 1.36. The van der Waals surface area contributed by atoms with E-state index in [9.17, 15) is 9.18 Å². The first-order chi connectivity index (χ1) is 12.4. The average Bonchev–Trinajstić information content (AvgIpc) is 2.59. The average molecular weight is 396 g/mol. The van der Waals surface area contributed by atoms with Crippen molar-refractivity contribution >= 4 is 29.3 Å². The van der Waals surface area contributed by atoms with Crippen LogP contribution in [0, 0.1) is 19.7 Å². The van der Waals surface area contributed by atoms with Crippen LogP contribution in [0.25, 0.3) is 0 Å². The molecule has 0 aliphatic rings. The number of carbonyl (C=O) groups excluding carboxylic acids is 1. The number of halogens is 2. The fraction of sp³-hybridized carbons (Fsp3) is 0.350. The Morgan fingerprint density at radius 2 is 2.08 bits per heavy atom. The predicted octanol–water partition coefficient (Wildman–Crippen LogP) is 4.91. The monoisotopic (exact) mass is 395 g/mol. The van der Waals surface area contributed by atoms with E-state index in [0.717, 1.165) is 11.1 Å². The van der Waals surface area contributed by atoms with E-state index in [4.69, 9.17) is 16.3 Å². The third kappa shape index (κ3) is 5.92. The first-order valence-electron chi connectivity index (χ1n) is 8.40. The van der Waals surface area contributed by atoms with Gasteiger partial charge < -0.3 is 10.1 Å². The standard InChI is InChI=1S/C20H23ClFNO2S/c1-13-7-8-19(14(2)11-13)25-15(3)20(24)23-9-10-26-12-16-17(21)5-4-6-18(16)22/h4-8,11,15H,9-10,12H2,1-3H3,(H,23,24)/t15-/m1/s1. The third-order valence-corrected chi connectivity index (χ3v) is 5.20. The highest BCUT2D eigenvalue weighted by atomic mass is 35.5. The largest absolute Gasteiger partial charge is 0.481 e. The maximum absolute atomic E-state index is 13.7. The molecule has 0 aliphatic carbocycles. The molecule has 3 nitrogen and oxygen atoms in total. The number of aryl methyl sites for hydroxylation is 2. The van der Waals surface area contributed by atoms with Crippen molar-refractivity contribution in [1.29, 1.82) is 0 Å². The van der Waals surface area contributed by atoms with E-state index in [1.807, 2.05) is 32.0 Å². The van der Waals surface area contributed by atoms with Crippen molar-refractivity contribution in [2.75, 3.05) is 12.3 Å². The zero-order valence-corrected chi connectivity index (χ0v) is 16.7. The van der Waals surface area contributed by atoms with E-state index in [1.165, 1.54) is 17.8 Å². The van der Waals surface area contributed by atoms with Gasteiger partial charge >= 0.3 is 0 Å². The van der Waals surface area contributed by atoms with Gasteiger partial charge in [-0.05, 0) is 44.5 Å². The third-order valence-electron chi connectivity index (χ3n) is 3.86. The summed E-state index contributed by atoms with van der Waals surface area (Å²) in [6, 6.07) is 10.5. The summed E-state index contributed by atoms with van der Waals surface area (Å²) < 4.78 is 19.4. The molecule has 0 saturated carbocycles. The van der Waals surface area contributed by atoms with Crippen LogP contribution in [0.1, 0.15) is 23.6 Å². The second kappa shape index (κ2) is 9.83. The number of rotatable bonds is 8. The van der Waals surface area contributed by atoms with Crippen LogP contribution in [0.2, 0.25) is 5.02 Å². The van der Waals surface area contributed by atoms with Gasteiger partial charge in [0.25, 0.3) is 5.91 Å². The molecule has 140 valence electrons. The Kier molecular flexibility index (Phi) is 7.79. The number of thioether (sulfide) groups is 1. The summed E-state index contributed by atoms with van der Waals surface area (Å²) in [7, 11) is 0. The molecule has 2 aromatic carbocycles. The van der Waals surface area contributed by atoms with Crippen LogP contribution >= 0.6 is 23.4 Å². The van der Waals surface area contributed by atoms with E-state index in [2.05, 4.69) is 5.32 Å². The van der Waals surface area contributed by atoms with Gasteiger partial charge in [0.15, 0.2) is 6.10 Å². The maximum Gasteiger partial charge on any atom is 0.260 e. The lowest BCUT2D eigenvalue weighted by molar-refractivity contribution is -0.127. The molecular formula is C20H23ClFNO2S. The Labute approximate surface area is 163 Å². The van der Waals surface area contributed by atoms with Crippen molar-refractivity contribution in [3.05, 3.63) is 63.9 Å². The molecule has 0 aromatic heterocycles. The molecular weight excluding hydrogens is 373 g/mol. The molecule has 0 heterocycles. The van der Waals surface area contributed by atoms with Gasteiger partial charge in [-0.3, -0.25) is 4.79 Å². The summed E-state index contributed by atoms with van der Waals surface area (Å²) in [4.78, 5) is 12.1. The van der Waals surface area contributed by atoms with E-state index < -0.39 is 6.10 Å². The van der Waals surface area contributed by atoms with Crippen LogP contribution in [-0.4, -0.2) is 24.3 Å². The minimum atomic E-state index is -0.581. The van der Waals surface area contributed by atoms with Crippen molar-refractivity contribution in [2.45, 2.75) is 32.6 Å². The highest BCUT2D eigenvalue weighted by Crippen LogP contribution is 2.23. The Balaban J connectivity index is 1.73. The molecule has 2 rings (SSSR count). The Hall–Kier alpha value is -1.72. The Morgan fingerprint density at radius 3 is 2.77 bits per heavy atom. The summed E-state index contributed by atoms with van der Waals surface area (Å²) in [5, 5.41) is 3.27. The fourth-order valence-electron chi connectivity index (χ4n) is 2.41. The van der Waals surface area contributed by atoms with Gasteiger partial charge in [-0.15, -0.1) is 0 Å². The van der Waals surface area contributed by atoms with E-state index >= 15 is 0 Å². The van der Waals surface area contributed by atoms with Crippen LogP contribution in [0.5, 0.6) is 5.75 Å². The summed E-state index contributed by atoms with van der Waals surface area (Å²) >= 11 is 7.51. The van der Waals surface area contributed by atoms with Crippen LogP contribution < -0.4 is 10.1 Å². The van der Waals surface area contributed by atoms with Crippen molar-refractivity contribution < 1.29 is 13.9 Å². The number of carbonyl (C=O) groups is 1. The van der Waals surface area contributed by atoms with Crippen molar-refractivity contribution in [1.82, 2.24) is 5.32 Å². The number of benzene rings is 2. The first kappa shape index (κ1) is 20.6. The second-order valence-electron chi connectivity index (χ2n) is 6.07. The van der Waals surface area contributed by atoms with Gasteiger partial charge in [0.2, 0.25) is 0 Å². The molecule has 1 atom stereocenters. The number of hydrogen-bond donors (Lipinski definition) is 1. The zero-order chi connectivity index (χ0) is 19.1. The molecule has 2 aromatic rings. The number of hydrogen-bond acceptors (Lipinski definition) is 3. The summed E-state index contributed by atoms with van der Waals surface area (Å²) in [5.41, 5.74) is 2.65. The summed E-state index contributed by atoms with van der Waals surface area (Å²) in [6.45, 7) is 6.17. The quantitative estimate of drug-likeness (QED) is 0.645. The zero-order valence-electron chi connectivity index (χ0n) is 15.1. The second-order valence-corrected chi connectivity index (χ2v) is 7.59. The van der Waals surface area contributed by atoms with Crippen molar-refractivity contribution in [3.8, 4) is 5.75 Å². The van der Waals surface area contributed by atoms with Gasteiger partial charge in [0.1, 0.15) is 11.6 Å². The predicted molar refractivity (Wildman–Crippen MR) is 107 cm³/mol. The lowest BCUT2D eigenvalue weighted by atomic mass is 10.1. The number of amides is 1. The van der Waals surface area contributed by atoms with Gasteiger partial charge in [0, 0.05) is 28.6 Å². The van der Waals surface area contributed by atoms with E-state index in [-0.39, 0.29) is 11.7 Å². The minimum Gasteiger partial charge on any atom is -0.481 e. The van der Waals surface area contributed by atoms with Crippen molar-refractivity contribution in [3.63, 3.8) is 0 Å². The maximum atomic E-state index is 13.7. The highest BCUT2D eigenvalue weighted by molar-refractivity contribution is 7.98. The van der Waals surface area contributed by atoms with Gasteiger partial charge in [-0.2, -0.15) is 11.8 Å². The molecule has 0 aliphatic heterocycles. The molecule has 1 N–H and O–H groups in total. The lowest BCUT2D eigenvalue weighted by Crippen LogP contribution is -2.37. The first-order valence-corrected chi connectivity index (χ1v) is 9.94. The molecule has 1 amide bonds.